The standard InChI is InChI=1S/C22H29N3O2/c1-5-16(4)23-21(26)17-8-10-18(11-9-17)22(27)24-19-12-14-20(15-13-19)25(6-2)7-3/h8-16H,5-7H2,1-4H3,(H,23,26)(H,24,27). The second-order valence-electron chi connectivity index (χ2n) is 6.53. The molecule has 1 unspecified atom stereocenters. The van der Waals surface area contributed by atoms with Gasteiger partial charge in [-0.1, -0.05) is 6.92 Å². The second kappa shape index (κ2) is 9.76. The highest BCUT2D eigenvalue weighted by atomic mass is 16.2. The van der Waals surface area contributed by atoms with Gasteiger partial charge in [0.1, 0.15) is 0 Å². The minimum atomic E-state index is -0.195. The summed E-state index contributed by atoms with van der Waals surface area (Å²) >= 11 is 0. The Bertz CT molecular complexity index is 750. The lowest BCUT2D eigenvalue weighted by Crippen LogP contribution is -2.31. The van der Waals surface area contributed by atoms with Gasteiger partial charge in [0, 0.05) is 41.6 Å². The molecule has 0 spiro atoms. The molecule has 0 bridgehead atoms. The lowest BCUT2D eigenvalue weighted by atomic mass is 10.1. The van der Waals surface area contributed by atoms with E-state index in [-0.39, 0.29) is 17.9 Å². The van der Waals surface area contributed by atoms with Crippen molar-refractivity contribution in [2.45, 2.75) is 40.2 Å². The first-order valence-corrected chi connectivity index (χ1v) is 9.55. The number of hydrogen-bond acceptors (Lipinski definition) is 3. The fourth-order valence-corrected chi connectivity index (χ4v) is 2.73. The van der Waals surface area contributed by atoms with Gasteiger partial charge in [0.15, 0.2) is 0 Å². The smallest absolute Gasteiger partial charge is 0.255 e. The van der Waals surface area contributed by atoms with E-state index in [1.165, 1.54) is 0 Å². The number of amides is 2. The van der Waals surface area contributed by atoms with Crippen molar-refractivity contribution in [2.24, 2.45) is 0 Å². The van der Waals surface area contributed by atoms with Gasteiger partial charge in [-0.2, -0.15) is 0 Å². The molecule has 0 aromatic heterocycles. The summed E-state index contributed by atoms with van der Waals surface area (Å²) in [6.07, 6.45) is 0.874. The summed E-state index contributed by atoms with van der Waals surface area (Å²) in [4.78, 5) is 26.8. The van der Waals surface area contributed by atoms with E-state index in [4.69, 9.17) is 0 Å². The van der Waals surface area contributed by atoms with Gasteiger partial charge in [-0.15, -0.1) is 0 Å². The monoisotopic (exact) mass is 367 g/mol. The molecule has 144 valence electrons. The van der Waals surface area contributed by atoms with Gasteiger partial charge in [0.2, 0.25) is 0 Å². The van der Waals surface area contributed by atoms with Crippen molar-refractivity contribution in [3.63, 3.8) is 0 Å². The molecule has 2 aromatic carbocycles. The molecule has 1 atom stereocenters. The summed E-state index contributed by atoms with van der Waals surface area (Å²) in [5, 5.41) is 5.81. The van der Waals surface area contributed by atoms with Gasteiger partial charge < -0.3 is 15.5 Å². The molecule has 0 fully saturated rings. The summed E-state index contributed by atoms with van der Waals surface area (Å²) in [5.74, 6) is -0.317. The molecule has 0 saturated heterocycles. The predicted molar refractivity (Wildman–Crippen MR) is 112 cm³/mol. The number of hydrogen-bond donors (Lipinski definition) is 2. The fraction of sp³-hybridized carbons (Fsp3) is 0.364. The maximum Gasteiger partial charge on any atom is 0.255 e. The molecule has 0 aliphatic heterocycles. The number of anilines is 2. The lowest BCUT2D eigenvalue weighted by molar-refractivity contribution is 0.0937. The molecular formula is C22H29N3O2. The van der Waals surface area contributed by atoms with Crippen molar-refractivity contribution in [3.05, 3.63) is 59.7 Å². The van der Waals surface area contributed by atoms with Crippen LogP contribution in [0.25, 0.3) is 0 Å². The topological polar surface area (TPSA) is 61.4 Å². The van der Waals surface area contributed by atoms with E-state index in [0.717, 1.165) is 30.9 Å². The first kappa shape index (κ1) is 20.5. The Morgan fingerprint density at radius 3 is 1.85 bits per heavy atom. The van der Waals surface area contributed by atoms with Crippen LogP contribution < -0.4 is 15.5 Å². The van der Waals surface area contributed by atoms with E-state index >= 15 is 0 Å². The summed E-state index contributed by atoms with van der Waals surface area (Å²) < 4.78 is 0. The fourth-order valence-electron chi connectivity index (χ4n) is 2.73. The highest BCUT2D eigenvalue weighted by Crippen LogP contribution is 2.18. The van der Waals surface area contributed by atoms with Crippen molar-refractivity contribution < 1.29 is 9.59 Å². The van der Waals surface area contributed by atoms with Crippen molar-refractivity contribution in [1.29, 1.82) is 0 Å². The van der Waals surface area contributed by atoms with Crippen molar-refractivity contribution in [2.75, 3.05) is 23.3 Å². The van der Waals surface area contributed by atoms with E-state index in [1.54, 1.807) is 24.3 Å². The van der Waals surface area contributed by atoms with Gasteiger partial charge in [-0.05, 0) is 75.7 Å². The molecule has 0 radical (unpaired) electrons. The Morgan fingerprint density at radius 2 is 1.37 bits per heavy atom. The van der Waals surface area contributed by atoms with Gasteiger partial charge in [-0.3, -0.25) is 9.59 Å². The Morgan fingerprint density at radius 1 is 0.852 bits per heavy atom. The van der Waals surface area contributed by atoms with Crippen LogP contribution in [-0.4, -0.2) is 30.9 Å². The highest BCUT2D eigenvalue weighted by Gasteiger charge is 2.11. The molecule has 0 saturated carbocycles. The minimum absolute atomic E-state index is 0.122. The quantitative estimate of drug-likeness (QED) is 0.731. The number of rotatable bonds is 8. The van der Waals surface area contributed by atoms with E-state index in [1.807, 2.05) is 38.1 Å². The summed E-state index contributed by atoms with van der Waals surface area (Å²) in [6, 6.07) is 14.6. The SMILES string of the molecule is CCC(C)NC(=O)c1ccc(C(=O)Nc2ccc(N(CC)CC)cc2)cc1. The lowest BCUT2D eigenvalue weighted by Gasteiger charge is -2.21. The molecule has 0 aliphatic carbocycles. The van der Waals surface area contributed by atoms with Crippen LogP contribution in [-0.2, 0) is 0 Å². The highest BCUT2D eigenvalue weighted by molar-refractivity contribution is 6.05. The van der Waals surface area contributed by atoms with Crippen molar-refractivity contribution in [1.82, 2.24) is 5.32 Å². The zero-order chi connectivity index (χ0) is 19.8. The van der Waals surface area contributed by atoms with Gasteiger partial charge >= 0.3 is 0 Å². The predicted octanol–water partition coefficient (Wildman–Crippen LogP) is 4.31. The molecule has 2 rings (SSSR count). The molecular weight excluding hydrogens is 338 g/mol. The normalized spacial score (nSPS) is 11.6. The molecule has 2 aromatic rings. The number of nitrogens with zero attached hydrogens (tertiary/aromatic N) is 1. The molecule has 5 heteroatoms. The summed E-state index contributed by atoms with van der Waals surface area (Å²) in [7, 11) is 0. The number of nitrogens with one attached hydrogen (secondary N) is 2. The van der Waals surface area contributed by atoms with Crippen LogP contribution in [0.1, 0.15) is 54.8 Å². The molecule has 27 heavy (non-hydrogen) atoms. The number of carbonyl (C=O) groups excluding carboxylic acids is 2. The summed E-state index contributed by atoms with van der Waals surface area (Å²) in [6.45, 7) is 10.1. The average Bonchev–Trinajstić information content (AvgIpc) is 2.70. The van der Waals surface area contributed by atoms with E-state index < -0.39 is 0 Å². The molecule has 0 aliphatic rings. The van der Waals surface area contributed by atoms with Crippen LogP contribution in [0.3, 0.4) is 0 Å². The Labute approximate surface area is 161 Å². The van der Waals surface area contributed by atoms with Crippen molar-refractivity contribution in [3.8, 4) is 0 Å². The maximum absolute atomic E-state index is 12.4. The maximum atomic E-state index is 12.4. The first-order chi connectivity index (χ1) is 13.0. The molecule has 0 heterocycles. The number of benzene rings is 2. The minimum Gasteiger partial charge on any atom is -0.372 e. The van der Waals surface area contributed by atoms with Gasteiger partial charge in [-0.25, -0.2) is 0 Å². The van der Waals surface area contributed by atoms with Gasteiger partial charge in [0.05, 0.1) is 0 Å². The zero-order valence-corrected chi connectivity index (χ0v) is 16.6. The van der Waals surface area contributed by atoms with Crippen LogP contribution in [0, 0.1) is 0 Å². The van der Waals surface area contributed by atoms with Crippen LogP contribution in [0.15, 0.2) is 48.5 Å². The molecule has 2 amide bonds. The molecule has 5 nitrogen and oxygen atoms in total. The Kier molecular flexibility index (Phi) is 7.41. The van der Waals surface area contributed by atoms with Crippen LogP contribution >= 0.6 is 0 Å². The molecule has 2 N–H and O–H groups in total. The Hall–Kier alpha value is -2.82. The van der Waals surface area contributed by atoms with E-state index in [0.29, 0.717) is 11.1 Å². The van der Waals surface area contributed by atoms with E-state index in [9.17, 15) is 9.59 Å². The Balaban J connectivity index is 2.00. The zero-order valence-electron chi connectivity index (χ0n) is 16.6. The second-order valence-corrected chi connectivity index (χ2v) is 6.53. The number of carbonyl (C=O) groups is 2. The summed E-state index contributed by atoms with van der Waals surface area (Å²) in [5.41, 5.74) is 2.95. The van der Waals surface area contributed by atoms with Crippen LogP contribution in [0.5, 0.6) is 0 Å². The van der Waals surface area contributed by atoms with E-state index in [2.05, 4.69) is 29.4 Å². The van der Waals surface area contributed by atoms with Gasteiger partial charge in [0.25, 0.3) is 11.8 Å². The van der Waals surface area contributed by atoms with Crippen molar-refractivity contribution >= 4 is 23.2 Å². The third kappa shape index (κ3) is 5.58. The first-order valence-electron chi connectivity index (χ1n) is 9.55. The average molecular weight is 367 g/mol. The third-order valence-corrected chi connectivity index (χ3v) is 4.65. The van der Waals surface area contributed by atoms with Crippen LogP contribution in [0.2, 0.25) is 0 Å². The third-order valence-electron chi connectivity index (χ3n) is 4.65. The largest absolute Gasteiger partial charge is 0.372 e. The van der Waals surface area contributed by atoms with Crippen LogP contribution in [0.4, 0.5) is 11.4 Å².